The zero-order chi connectivity index (χ0) is 16.1. The Morgan fingerprint density at radius 2 is 2.05 bits per heavy atom. The maximum Gasteiger partial charge on any atom is 0.265 e. The zero-order valence-corrected chi connectivity index (χ0v) is 13.9. The summed E-state index contributed by atoms with van der Waals surface area (Å²) in [6.45, 7) is 3.40. The molecule has 2 aromatic heterocycles. The molecule has 0 saturated heterocycles. The summed E-state index contributed by atoms with van der Waals surface area (Å²) in [5, 5.41) is 5.46. The van der Waals surface area contributed by atoms with E-state index in [1.54, 1.807) is 43.9 Å². The van der Waals surface area contributed by atoms with Crippen LogP contribution in [0.15, 0.2) is 29.3 Å². The molecular formula is C14H15ClN4O2S. The van der Waals surface area contributed by atoms with E-state index in [0.717, 1.165) is 5.39 Å². The van der Waals surface area contributed by atoms with Crippen molar-refractivity contribution in [2.75, 3.05) is 4.72 Å². The Hall–Kier alpha value is -1.99. The van der Waals surface area contributed by atoms with Crippen molar-refractivity contribution >= 4 is 38.2 Å². The molecule has 0 aliphatic heterocycles. The van der Waals surface area contributed by atoms with Gasteiger partial charge in [-0.3, -0.25) is 9.40 Å². The number of sulfonamides is 1. The van der Waals surface area contributed by atoms with Crippen LogP contribution in [0.2, 0.25) is 5.02 Å². The van der Waals surface area contributed by atoms with Crippen LogP contribution in [0.25, 0.3) is 10.9 Å². The van der Waals surface area contributed by atoms with Crippen molar-refractivity contribution in [3.8, 4) is 0 Å². The summed E-state index contributed by atoms with van der Waals surface area (Å²) in [6.07, 6.45) is 1.63. The third kappa shape index (κ3) is 2.26. The van der Waals surface area contributed by atoms with Gasteiger partial charge in [-0.1, -0.05) is 23.7 Å². The second kappa shape index (κ2) is 5.03. The van der Waals surface area contributed by atoms with E-state index < -0.39 is 10.0 Å². The average molecular weight is 339 g/mol. The molecule has 8 heteroatoms. The number of para-hydroxylation sites is 1. The van der Waals surface area contributed by atoms with Gasteiger partial charge in [0.15, 0.2) is 0 Å². The minimum atomic E-state index is -3.73. The lowest BCUT2D eigenvalue weighted by molar-refractivity contribution is 0.599. The van der Waals surface area contributed by atoms with Gasteiger partial charge in [-0.2, -0.15) is 5.10 Å². The molecule has 0 atom stereocenters. The Balaban J connectivity index is 2.11. The summed E-state index contributed by atoms with van der Waals surface area (Å²) in [5.41, 5.74) is 2.15. The maximum absolute atomic E-state index is 12.7. The fraction of sp³-hybridized carbons (Fsp3) is 0.214. The van der Waals surface area contributed by atoms with Gasteiger partial charge in [0.1, 0.15) is 4.90 Å². The molecular weight excluding hydrogens is 324 g/mol. The lowest BCUT2D eigenvalue weighted by Gasteiger charge is -2.09. The number of aromatic amines is 1. The Kier molecular flexibility index (Phi) is 3.41. The number of H-pyrrole nitrogens is 1. The predicted octanol–water partition coefficient (Wildman–Crippen LogP) is 2.97. The maximum atomic E-state index is 12.7. The van der Waals surface area contributed by atoms with Gasteiger partial charge in [0.05, 0.1) is 27.6 Å². The molecule has 0 aliphatic rings. The van der Waals surface area contributed by atoms with Gasteiger partial charge < -0.3 is 4.98 Å². The fourth-order valence-electron chi connectivity index (χ4n) is 2.54. The molecule has 0 amide bonds. The predicted molar refractivity (Wildman–Crippen MR) is 86.8 cm³/mol. The van der Waals surface area contributed by atoms with Gasteiger partial charge in [0, 0.05) is 18.6 Å². The number of rotatable bonds is 3. The number of hydrogen-bond donors (Lipinski definition) is 2. The molecule has 0 radical (unpaired) electrons. The number of anilines is 1. The first-order valence-corrected chi connectivity index (χ1v) is 8.46. The molecule has 22 heavy (non-hydrogen) atoms. The SMILES string of the molecule is Cc1nn(C)c(C)c1S(=O)(=O)Nc1cccc2c(Cl)c[nH]c12. The van der Waals surface area contributed by atoms with Crippen molar-refractivity contribution in [2.45, 2.75) is 18.7 Å². The van der Waals surface area contributed by atoms with E-state index in [2.05, 4.69) is 14.8 Å². The number of halogens is 1. The van der Waals surface area contributed by atoms with Gasteiger partial charge in [0.25, 0.3) is 10.0 Å². The number of nitrogens with one attached hydrogen (secondary N) is 2. The highest BCUT2D eigenvalue weighted by atomic mass is 35.5. The van der Waals surface area contributed by atoms with E-state index in [9.17, 15) is 8.42 Å². The lowest BCUT2D eigenvalue weighted by Crippen LogP contribution is -2.15. The first-order chi connectivity index (χ1) is 10.3. The quantitative estimate of drug-likeness (QED) is 0.770. The summed E-state index contributed by atoms with van der Waals surface area (Å²) < 4.78 is 29.6. The molecule has 0 saturated carbocycles. The molecule has 2 N–H and O–H groups in total. The van der Waals surface area contributed by atoms with Gasteiger partial charge in [-0.15, -0.1) is 0 Å². The molecule has 3 aromatic rings. The smallest absolute Gasteiger partial charge is 0.265 e. The van der Waals surface area contributed by atoms with Crippen LogP contribution >= 0.6 is 11.6 Å². The van der Waals surface area contributed by atoms with E-state index >= 15 is 0 Å². The van der Waals surface area contributed by atoms with Crippen LogP contribution in [-0.4, -0.2) is 23.2 Å². The van der Waals surface area contributed by atoms with Crippen LogP contribution in [0.4, 0.5) is 5.69 Å². The number of nitrogens with zero attached hydrogens (tertiary/aromatic N) is 2. The summed E-state index contributed by atoms with van der Waals surface area (Å²) in [6, 6.07) is 5.27. The minimum Gasteiger partial charge on any atom is -0.358 e. The van der Waals surface area contributed by atoms with Gasteiger partial charge in [-0.05, 0) is 19.9 Å². The van der Waals surface area contributed by atoms with E-state index in [1.165, 1.54) is 0 Å². The summed E-state index contributed by atoms with van der Waals surface area (Å²) in [7, 11) is -2.02. The van der Waals surface area contributed by atoms with Crippen molar-refractivity contribution in [2.24, 2.45) is 7.05 Å². The third-order valence-electron chi connectivity index (χ3n) is 3.62. The molecule has 6 nitrogen and oxygen atoms in total. The Bertz CT molecular complexity index is 972. The van der Waals surface area contributed by atoms with Gasteiger partial charge in [-0.25, -0.2) is 8.42 Å². The molecule has 1 aromatic carbocycles. The molecule has 0 spiro atoms. The van der Waals surface area contributed by atoms with Crippen molar-refractivity contribution in [3.05, 3.63) is 40.8 Å². The molecule has 2 heterocycles. The van der Waals surface area contributed by atoms with Crippen molar-refractivity contribution < 1.29 is 8.42 Å². The van der Waals surface area contributed by atoms with Crippen LogP contribution in [0, 0.1) is 13.8 Å². The standard InChI is InChI=1S/C14H15ClN4O2S/c1-8-14(9(2)19(3)17-8)22(20,21)18-12-6-4-5-10-11(15)7-16-13(10)12/h4-7,16,18H,1-3H3. The summed E-state index contributed by atoms with van der Waals surface area (Å²) in [5.74, 6) is 0. The second-order valence-electron chi connectivity index (χ2n) is 5.09. The van der Waals surface area contributed by atoms with Crippen molar-refractivity contribution in [1.29, 1.82) is 0 Å². The van der Waals surface area contributed by atoms with Gasteiger partial charge >= 0.3 is 0 Å². The lowest BCUT2D eigenvalue weighted by atomic mass is 10.2. The van der Waals surface area contributed by atoms with E-state index in [0.29, 0.717) is 27.6 Å². The number of fused-ring (bicyclic) bond motifs is 1. The van der Waals surface area contributed by atoms with Crippen LogP contribution < -0.4 is 4.72 Å². The Labute approximate surface area is 133 Å². The number of aromatic nitrogens is 3. The topological polar surface area (TPSA) is 79.8 Å². The minimum absolute atomic E-state index is 0.199. The van der Waals surface area contributed by atoms with Gasteiger partial charge in [0.2, 0.25) is 0 Å². The highest BCUT2D eigenvalue weighted by molar-refractivity contribution is 7.92. The molecule has 0 fully saturated rings. The summed E-state index contributed by atoms with van der Waals surface area (Å²) in [4.78, 5) is 3.18. The van der Waals surface area contributed by atoms with Crippen LogP contribution in [0.1, 0.15) is 11.4 Å². The van der Waals surface area contributed by atoms with E-state index in [4.69, 9.17) is 11.6 Å². The van der Waals surface area contributed by atoms with Crippen LogP contribution in [0.3, 0.4) is 0 Å². The van der Waals surface area contributed by atoms with Crippen LogP contribution in [-0.2, 0) is 17.1 Å². The number of aryl methyl sites for hydroxylation is 2. The Morgan fingerprint density at radius 3 is 2.68 bits per heavy atom. The molecule has 3 rings (SSSR count). The normalized spacial score (nSPS) is 12.0. The zero-order valence-electron chi connectivity index (χ0n) is 12.3. The molecule has 0 aliphatic carbocycles. The number of hydrogen-bond acceptors (Lipinski definition) is 3. The first-order valence-electron chi connectivity index (χ1n) is 6.60. The van der Waals surface area contributed by atoms with Crippen molar-refractivity contribution in [3.63, 3.8) is 0 Å². The third-order valence-corrected chi connectivity index (χ3v) is 5.55. The molecule has 0 bridgehead atoms. The fourth-order valence-corrected chi connectivity index (χ4v) is 4.27. The second-order valence-corrected chi connectivity index (χ2v) is 7.12. The van der Waals surface area contributed by atoms with E-state index in [-0.39, 0.29) is 4.90 Å². The average Bonchev–Trinajstić information content (AvgIpc) is 2.92. The summed E-state index contributed by atoms with van der Waals surface area (Å²) >= 11 is 6.06. The highest BCUT2D eigenvalue weighted by Gasteiger charge is 2.24. The molecule has 0 unspecified atom stereocenters. The number of benzene rings is 1. The monoisotopic (exact) mass is 338 g/mol. The van der Waals surface area contributed by atoms with Crippen molar-refractivity contribution in [1.82, 2.24) is 14.8 Å². The van der Waals surface area contributed by atoms with E-state index in [1.807, 2.05) is 6.07 Å². The molecule has 116 valence electrons. The van der Waals surface area contributed by atoms with Crippen LogP contribution in [0.5, 0.6) is 0 Å². The highest BCUT2D eigenvalue weighted by Crippen LogP contribution is 2.30. The largest absolute Gasteiger partial charge is 0.358 e. The first kappa shape index (κ1) is 14.9. The Morgan fingerprint density at radius 1 is 1.32 bits per heavy atom.